The molecule has 168 valence electrons. The summed E-state index contributed by atoms with van der Waals surface area (Å²) in [5, 5.41) is 0.208. The molecular weight excluding hydrogens is 449 g/mol. The van der Waals surface area contributed by atoms with Gasteiger partial charge in [-0.25, -0.2) is 4.39 Å². The fraction of sp³-hybridized carbons (Fsp3) is 0.208. The number of para-hydroxylation sites is 1. The first-order valence-electron chi connectivity index (χ1n) is 10.3. The molecule has 7 nitrogen and oxygen atoms in total. The Morgan fingerprint density at radius 1 is 1.21 bits per heavy atom. The van der Waals surface area contributed by atoms with Crippen LogP contribution in [0.15, 0.2) is 54.9 Å². The van der Waals surface area contributed by atoms with Gasteiger partial charge in [0.15, 0.2) is 11.5 Å². The summed E-state index contributed by atoms with van der Waals surface area (Å²) in [7, 11) is 0. The Morgan fingerprint density at radius 2 is 2.06 bits per heavy atom. The number of hydrogen-bond acceptors (Lipinski definition) is 5. The van der Waals surface area contributed by atoms with E-state index in [1.54, 1.807) is 42.6 Å². The predicted octanol–water partition coefficient (Wildman–Crippen LogP) is 3.96. The number of hydrogen-bond donors (Lipinski definition) is 1. The number of fused-ring (bicyclic) bond motifs is 2. The molecule has 2 aromatic carbocycles. The molecule has 1 aromatic heterocycles. The van der Waals surface area contributed by atoms with Gasteiger partial charge in [-0.3, -0.25) is 14.6 Å². The number of pyridine rings is 1. The fourth-order valence-electron chi connectivity index (χ4n) is 4.59. The molecule has 3 aromatic rings. The van der Waals surface area contributed by atoms with Gasteiger partial charge < -0.3 is 20.1 Å². The van der Waals surface area contributed by atoms with E-state index >= 15 is 0 Å². The summed E-state index contributed by atoms with van der Waals surface area (Å²) < 4.78 is 25.6. The molecular formula is C24H19ClFN3O4. The number of nitrogens with zero attached hydrogens (tertiary/aromatic N) is 2. The van der Waals surface area contributed by atoms with Crippen molar-refractivity contribution in [2.45, 2.75) is 24.9 Å². The van der Waals surface area contributed by atoms with Crippen LogP contribution < -0.4 is 15.2 Å². The molecule has 2 aliphatic rings. The molecule has 1 aliphatic heterocycles. The standard InChI is InChI=1S/C24H19ClFN3O4/c25-14-9-17-15(18(26)10-14)6-7-19(17)29(21(23(27)30)13-3-2-8-28-11-13)24(31)16-4-1-5-20-22(16)33-12-32-20/h1-5,8-11,19,21H,6-7,12H2,(H2,27,30)/t19-,21-/m1/s1. The van der Waals surface area contributed by atoms with Crippen LogP contribution in [0.5, 0.6) is 11.5 Å². The molecule has 0 bridgehead atoms. The molecule has 5 rings (SSSR count). The summed E-state index contributed by atoms with van der Waals surface area (Å²) in [4.78, 5) is 32.3. The predicted molar refractivity (Wildman–Crippen MR) is 117 cm³/mol. The lowest BCUT2D eigenvalue weighted by atomic mass is 9.98. The Morgan fingerprint density at radius 3 is 2.82 bits per heavy atom. The van der Waals surface area contributed by atoms with Gasteiger partial charge in [-0.15, -0.1) is 0 Å². The van der Waals surface area contributed by atoms with Gasteiger partial charge in [0.2, 0.25) is 12.7 Å². The normalized spacial score (nSPS) is 16.8. The fourth-order valence-corrected chi connectivity index (χ4v) is 4.80. The Labute approximate surface area is 193 Å². The maximum Gasteiger partial charge on any atom is 0.259 e. The van der Waals surface area contributed by atoms with E-state index in [2.05, 4.69) is 4.98 Å². The average Bonchev–Trinajstić information content (AvgIpc) is 3.44. The summed E-state index contributed by atoms with van der Waals surface area (Å²) in [5.74, 6) is -0.960. The largest absolute Gasteiger partial charge is 0.454 e. The van der Waals surface area contributed by atoms with E-state index in [1.165, 1.54) is 17.2 Å². The van der Waals surface area contributed by atoms with Crippen LogP contribution in [-0.4, -0.2) is 28.5 Å². The van der Waals surface area contributed by atoms with E-state index in [1.807, 2.05) is 0 Å². The zero-order valence-electron chi connectivity index (χ0n) is 17.3. The highest BCUT2D eigenvalue weighted by atomic mass is 35.5. The average molecular weight is 468 g/mol. The van der Waals surface area contributed by atoms with Crippen LogP contribution in [0, 0.1) is 5.82 Å². The van der Waals surface area contributed by atoms with E-state index in [9.17, 15) is 14.0 Å². The second-order valence-electron chi connectivity index (χ2n) is 7.85. The first-order valence-corrected chi connectivity index (χ1v) is 10.7. The first kappa shape index (κ1) is 21.2. The van der Waals surface area contributed by atoms with Crippen molar-refractivity contribution < 1.29 is 23.5 Å². The van der Waals surface area contributed by atoms with Crippen molar-refractivity contribution in [3.8, 4) is 11.5 Å². The molecule has 9 heteroatoms. The second-order valence-corrected chi connectivity index (χ2v) is 8.29. The Hall–Kier alpha value is -3.65. The summed E-state index contributed by atoms with van der Waals surface area (Å²) in [6, 6.07) is 9.37. The molecule has 0 radical (unpaired) electrons. The van der Waals surface area contributed by atoms with Crippen molar-refractivity contribution in [1.29, 1.82) is 0 Å². The zero-order valence-corrected chi connectivity index (χ0v) is 18.1. The van der Waals surface area contributed by atoms with E-state index in [-0.39, 0.29) is 23.1 Å². The Balaban J connectivity index is 1.68. The third-order valence-electron chi connectivity index (χ3n) is 5.97. The molecule has 0 spiro atoms. The minimum Gasteiger partial charge on any atom is -0.454 e. The minimum absolute atomic E-state index is 0.0193. The van der Waals surface area contributed by atoms with Gasteiger partial charge in [-0.05, 0) is 54.3 Å². The van der Waals surface area contributed by atoms with Gasteiger partial charge in [0.25, 0.3) is 5.91 Å². The summed E-state index contributed by atoms with van der Waals surface area (Å²) in [5.41, 5.74) is 7.51. The van der Waals surface area contributed by atoms with Crippen LogP contribution in [-0.2, 0) is 11.2 Å². The van der Waals surface area contributed by atoms with Crippen LogP contribution in [0.3, 0.4) is 0 Å². The van der Waals surface area contributed by atoms with Gasteiger partial charge in [0.1, 0.15) is 11.9 Å². The van der Waals surface area contributed by atoms with Gasteiger partial charge in [0, 0.05) is 23.0 Å². The molecule has 0 unspecified atom stereocenters. The third kappa shape index (κ3) is 3.66. The number of primary amides is 1. The smallest absolute Gasteiger partial charge is 0.259 e. The van der Waals surface area contributed by atoms with E-state index in [0.717, 1.165) is 0 Å². The molecule has 0 saturated carbocycles. The number of aromatic nitrogens is 1. The van der Waals surface area contributed by atoms with E-state index < -0.39 is 29.7 Å². The van der Waals surface area contributed by atoms with Gasteiger partial charge >= 0.3 is 0 Å². The van der Waals surface area contributed by atoms with Crippen molar-refractivity contribution in [3.63, 3.8) is 0 Å². The van der Waals surface area contributed by atoms with E-state index in [4.69, 9.17) is 26.8 Å². The molecule has 0 fully saturated rings. The van der Waals surface area contributed by atoms with Gasteiger partial charge in [-0.1, -0.05) is 23.7 Å². The Bertz CT molecular complexity index is 1250. The molecule has 2 N–H and O–H groups in total. The Kier molecular flexibility index (Phi) is 5.38. The van der Waals surface area contributed by atoms with Crippen molar-refractivity contribution in [3.05, 3.63) is 88.0 Å². The highest BCUT2D eigenvalue weighted by Crippen LogP contribution is 2.45. The minimum atomic E-state index is -1.15. The van der Waals surface area contributed by atoms with Gasteiger partial charge in [-0.2, -0.15) is 0 Å². The first-order chi connectivity index (χ1) is 16.0. The molecule has 2 amide bonds. The summed E-state index contributed by atoms with van der Waals surface area (Å²) in [6.07, 6.45) is 3.83. The van der Waals surface area contributed by atoms with Crippen LogP contribution in [0.25, 0.3) is 0 Å². The maximum atomic E-state index is 14.6. The number of carbonyl (C=O) groups is 2. The lowest BCUT2D eigenvalue weighted by molar-refractivity contribution is -0.123. The highest BCUT2D eigenvalue weighted by Gasteiger charge is 2.41. The molecule has 2 atom stereocenters. The monoisotopic (exact) mass is 467 g/mol. The lowest BCUT2D eigenvalue weighted by Gasteiger charge is -2.36. The molecule has 2 heterocycles. The number of ether oxygens (including phenoxy) is 2. The van der Waals surface area contributed by atoms with Crippen molar-refractivity contribution in [2.75, 3.05) is 6.79 Å². The number of carbonyl (C=O) groups excluding carboxylic acids is 2. The summed E-state index contributed by atoms with van der Waals surface area (Å²) >= 11 is 6.15. The van der Waals surface area contributed by atoms with Crippen LogP contribution in [0.4, 0.5) is 4.39 Å². The number of nitrogens with two attached hydrogens (primary N) is 1. The van der Waals surface area contributed by atoms with Crippen molar-refractivity contribution in [1.82, 2.24) is 9.88 Å². The SMILES string of the molecule is NC(=O)[C@@H](c1cccnc1)N(C(=O)c1cccc2c1OCO2)[C@@H]1CCc2c(F)cc(Cl)cc21. The summed E-state index contributed by atoms with van der Waals surface area (Å²) in [6.45, 7) is -0.0193. The number of rotatable bonds is 5. The topological polar surface area (TPSA) is 94.8 Å². The zero-order chi connectivity index (χ0) is 23.1. The molecule has 33 heavy (non-hydrogen) atoms. The third-order valence-corrected chi connectivity index (χ3v) is 6.18. The number of amides is 2. The van der Waals surface area contributed by atoms with Crippen LogP contribution in [0.2, 0.25) is 5.02 Å². The quantitative estimate of drug-likeness (QED) is 0.613. The molecule has 1 aliphatic carbocycles. The van der Waals surface area contributed by atoms with Gasteiger partial charge in [0.05, 0.1) is 11.6 Å². The second kappa shape index (κ2) is 8.37. The van der Waals surface area contributed by atoms with Crippen molar-refractivity contribution in [2.24, 2.45) is 5.73 Å². The molecule has 0 saturated heterocycles. The lowest BCUT2D eigenvalue weighted by Crippen LogP contribution is -2.43. The van der Waals surface area contributed by atoms with Crippen LogP contribution in [0.1, 0.15) is 45.6 Å². The van der Waals surface area contributed by atoms with Crippen LogP contribution >= 0.6 is 11.6 Å². The number of halogens is 2. The highest BCUT2D eigenvalue weighted by molar-refractivity contribution is 6.30. The number of benzene rings is 2. The van der Waals surface area contributed by atoms with Crippen molar-refractivity contribution >= 4 is 23.4 Å². The van der Waals surface area contributed by atoms with E-state index in [0.29, 0.717) is 35.3 Å². The maximum absolute atomic E-state index is 14.6.